The summed E-state index contributed by atoms with van der Waals surface area (Å²) >= 11 is 0. The summed E-state index contributed by atoms with van der Waals surface area (Å²) in [7, 11) is 0. The van der Waals surface area contributed by atoms with Crippen LogP contribution in [0.4, 0.5) is 24.5 Å². The quantitative estimate of drug-likeness (QED) is 0.233. The van der Waals surface area contributed by atoms with Crippen molar-refractivity contribution < 1.29 is 33.3 Å². The molecule has 1 saturated heterocycles. The van der Waals surface area contributed by atoms with E-state index in [2.05, 4.69) is 10.5 Å². The number of β-amino-alcohol motifs (C(OH)–C–C–N with tert-alkyl or cyclic N) is 1. The number of hydrogen-bond acceptors (Lipinski definition) is 8. The number of aliphatic hydroxyl groups excluding tert-OH is 2. The zero-order chi connectivity index (χ0) is 27.0. The van der Waals surface area contributed by atoms with Crippen LogP contribution in [0.25, 0.3) is 0 Å². The Hall–Kier alpha value is -3.61. The van der Waals surface area contributed by atoms with Gasteiger partial charge >= 0.3 is 5.97 Å². The van der Waals surface area contributed by atoms with Crippen LogP contribution >= 0.6 is 0 Å². The number of aliphatic carboxylic acids is 1. The Morgan fingerprint density at radius 2 is 1.84 bits per heavy atom. The predicted octanol–water partition coefficient (Wildman–Crippen LogP) is 2.15. The van der Waals surface area contributed by atoms with Gasteiger partial charge in [-0.1, -0.05) is 12.1 Å². The molecular formula is C26H28F3N5O4. The Bertz CT molecular complexity index is 1280. The number of anilines is 2. The maximum absolute atomic E-state index is 15.2. The fourth-order valence-electron chi connectivity index (χ4n) is 4.81. The van der Waals surface area contributed by atoms with E-state index in [0.717, 1.165) is 25.1 Å². The van der Waals surface area contributed by atoms with Gasteiger partial charge in [0.05, 0.1) is 17.5 Å². The summed E-state index contributed by atoms with van der Waals surface area (Å²) in [4.78, 5) is 17.3. The van der Waals surface area contributed by atoms with Crippen molar-refractivity contribution in [1.82, 2.24) is 10.3 Å². The van der Waals surface area contributed by atoms with Crippen LogP contribution in [0, 0.1) is 17.5 Å². The summed E-state index contributed by atoms with van der Waals surface area (Å²) in [5.74, 6) is -3.79. The number of carboxylic acids is 1. The van der Waals surface area contributed by atoms with Crippen molar-refractivity contribution >= 4 is 23.6 Å². The summed E-state index contributed by atoms with van der Waals surface area (Å²) in [6.45, 7) is 2.21. The number of hydrazone groups is 1. The maximum Gasteiger partial charge on any atom is 0.336 e. The Labute approximate surface area is 217 Å². The van der Waals surface area contributed by atoms with E-state index in [1.54, 1.807) is 6.07 Å². The van der Waals surface area contributed by atoms with Gasteiger partial charge in [0.1, 0.15) is 11.9 Å². The van der Waals surface area contributed by atoms with E-state index in [1.165, 1.54) is 24.4 Å². The van der Waals surface area contributed by atoms with E-state index in [0.29, 0.717) is 37.6 Å². The Morgan fingerprint density at radius 3 is 2.53 bits per heavy atom. The number of benzene rings is 2. The highest BCUT2D eigenvalue weighted by molar-refractivity contribution is 5.91. The number of halogens is 3. The predicted molar refractivity (Wildman–Crippen MR) is 134 cm³/mol. The van der Waals surface area contributed by atoms with Crippen LogP contribution in [0.1, 0.15) is 30.1 Å². The second kappa shape index (κ2) is 10.6. The molecule has 38 heavy (non-hydrogen) atoms. The summed E-state index contributed by atoms with van der Waals surface area (Å²) in [6, 6.07) is 6.74. The van der Waals surface area contributed by atoms with Gasteiger partial charge in [-0.05, 0) is 31.0 Å². The highest BCUT2D eigenvalue weighted by Gasteiger charge is 2.38. The van der Waals surface area contributed by atoms with Crippen LogP contribution in [0.2, 0.25) is 0 Å². The molecule has 0 spiro atoms. The molecule has 2 heterocycles. The summed E-state index contributed by atoms with van der Waals surface area (Å²) in [6.07, 6.45) is 1.86. The highest BCUT2D eigenvalue weighted by Crippen LogP contribution is 2.44. The van der Waals surface area contributed by atoms with Gasteiger partial charge in [0, 0.05) is 61.8 Å². The van der Waals surface area contributed by atoms with Crippen molar-refractivity contribution in [3.8, 4) is 0 Å². The van der Waals surface area contributed by atoms with Crippen molar-refractivity contribution in [3.63, 3.8) is 0 Å². The fourth-order valence-corrected chi connectivity index (χ4v) is 4.81. The standard InChI is InChI=1S/C26H28F3N5O4/c27-19-3-1-2-15(24(19)29)12-30-31-23(35)14-32-6-8-33(9-7-32)22-11-21-17(10-20(22)28)25(36)18(26(37)38)13-34(21)16-4-5-16/h1-3,10-13,16,23,25,31,35-36H,4-9,14H2,(H,37,38)/b30-12+. The Kier molecular flexibility index (Phi) is 7.28. The van der Waals surface area contributed by atoms with Crippen LogP contribution < -0.4 is 15.2 Å². The maximum atomic E-state index is 15.2. The minimum atomic E-state index is -1.41. The second-order valence-corrected chi connectivity index (χ2v) is 9.63. The topological polar surface area (TPSA) is 112 Å². The molecule has 0 bridgehead atoms. The first-order valence-corrected chi connectivity index (χ1v) is 12.4. The average molecular weight is 532 g/mol. The van der Waals surface area contributed by atoms with Gasteiger partial charge in [0.15, 0.2) is 17.9 Å². The van der Waals surface area contributed by atoms with Gasteiger partial charge < -0.3 is 25.1 Å². The van der Waals surface area contributed by atoms with Crippen molar-refractivity contribution in [2.75, 3.05) is 42.5 Å². The van der Waals surface area contributed by atoms with E-state index in [-0.39, 0.29) is 29.3 Å². The first-order valence-electron chi connectivity index (χ1n) is 12.4. The zero-order valence-electron chi connectivity index (χ0n) is 20.4. The molecule has 2 aromatic carbocycles. The highest BCUT2D eigenvalue weighted by atomic mass is 19.2. The lowest BCUT2D eigenvalue weighted by molar-refractivity contribution is -0.133. The lowest BCUT2D eigenvalue weighted by atomic mass is 9.95. The van der Waals surface area contributed by atoms with Crippen LogP contribution in [0.5, 0.6) is 0 Å². The van der Waals surface area contributed by atoms with Crippen LogP contribution in [0.15, 0.2) is 47.2 Å². The molecule has 12 heteroatoms. The molecule has 0 amide bonds. The summed E-state index contributed by atoms with van der Waals surface area (Å²) < 4.78 is 42.1. The van der Waals surface area contributed by atoms with Gasteiger partial charge in [-0.25, -0.2) is 18.0 Å². The molecule has 5 rings (SSSR count). The van der Waals surface area contributed by atoms with E-state index in [9.17, 15) is 28.9 Å². The molecule has 2 aromatic rings. The van der Waals surface area contributed by atoms with E-state index < -0.39 is 35.8 Å². The van der Waals surface area contributed by atoms with Crippen molar-refractivity contribution in [1.29, 1.82) is 0 Å². The molecule has 2 fully saturated rings. The number of fused-ring (bicyclic) bond motifs is 1. The lowest BCUT2D eigenvalue weighted by Crippen LogP contribution is -2.50. The molecule has 2 unspecified atom stereocenters. The Balaban J connectivity index is 1.20. The third-order valence-corrected chi connectivity index (χ3v) is 6.98. The third-order valence-electron chi connectivity index (χ3n) is 6.98. The number of nitrogens with zero attached hydrogens (tertiary/aromatic N) is 4. The van der Waals surface area contributed by atoms with E-state index in [1.807, 2.05) is 14.7 Å². The number of carbonyl (C=O) groups is 1. The van der Waals surface area contributed by atoms with Crippen LogP contribution in [0.3, 0.4) is 0 Å². The van der Waals surface area contributed by atoms with Gasteiger partial charge in [-0.2, -0.15) is 5.10 Å². The van der Waals surface area contributed by atoms with Crippen LogP contribution in [-0.4, -0.2) is 77.4 Å². The van der Waals surface area contributed by atoms with Crippen molar-refractivity contribution in [2.45, 2.75) is 31.2 Å². The van der Waals surface area contributed by atoms with Gasteiger partial charge in [-0.15, -0.1) is 0 Å². The SMILES string of the molecule is O=C(O)C1=CN(C2CC2)c2cc(N3CCN(CC(O)N/N=C/c4cccc(F)c4F)CC3)c(F)cc2C1O. The van der Waals surface area contributed by atoms with Gasteiger partial charge in [-0.3, -0.25) is 10.3 Å². The zero-order valence-corrected chi connectivity index (χ0v) is 20.4. The summed E-state index contributed by atoms with van der Waals surface area (Å²) in [5.41, 5.74) is 3.48. The molecule has 9 nitrogen and oxygen atoms in total. The minimum Gasteiger partial charge on any atom is -0.478 e. The molecule has 2 aliphatic heterocycles. The number of aliphatic hydroxyl groups is 2. The normalized spacial score (nSPS) is 20.9. The van der Waals surface area contributed by atoms with Gasteiger partial charge in [0.25, 0.3) is 0 Å². The summed E-state index contributed by atoms with van der Waals surface area (Å²) in [5, 5.41) is 34.1. The molecule has 4 N–H and O–H groups in total. The first-order chi connectivity index (χ1) is 18.2. The number of nitrogens with one attached hydrogen (secondary N) is 1. The van der Waals surface area contributed by atoms with Crippen molar-refractivity contribution in [2.24, 2.45) is 5.10 Å². The average Bonchev–Trinajstić information content (AvgIpc) is 3.73. The molecule has 1 saturated carbocycles. The third kappa shape index (κ3) is 5.33. The molecule has 202 valence electrons. The molecule has 2 atom stereocenters. The van der Waals surface area contributed by atoms with E-state index >= 15 is 4.39 Å². The molecule has 0 radical (unpaired) electrons. The number of rotatable bonds is 8. The number of hydrogen-bond donors (Lipinski definition) is 4. The lowest BCUT2D eigenvalue weighted by Gasteiger charge is -2.38. The fraction of sp³-hybridized carbons (Fsp3) is 0.385. The van der Waals surface area contributed by atoms with Crippen LogP contribution in [-0.2, 0) is 4.79 Å². The van der Waals surface area contributed by atoms with Gasteiger partial charge in [0.2, 0.25) is 0 Å². The minimum absolute atomic E-state index is 0.0483. The molecule has 0 aromatic heterocycles. The van der Waals surface area contributed by atoms with Crippen molar-refractivity contribution in [3.05, 3.63) is 70.7 Å². The number of piperazine rings is 1. The largest absolute Gasteiger partial charge is 0.478 e. The number of carboxylic acid groups (broad SMARTS) is 1. The smallest absolute Gasteiger partial charge is 0.336 e. The molecule has 3 aliphatic rings. The van der Waals surface area contributed by atoms with E-state index in [4.69, 9.17) is 0 Å². The monoisotopic (exact) mass is 531 g/mol. The Morgan fingerprint density at radius 1 is 1.11 bits per heavy atom. The molecule has 1 aliphatic carbocycles. The molecular weight excluding hydrogens is 503 g/mol. The first kappa shape index (κ1) is 26.0. The second-order valence-electron chi connectivity index (χ2n) is 9.63.